The molecular formula is C17H20ClN3O3S. The molecule has 1 fully saturated rings. The number of piperidine rings is 1. The molecule has 0 aliphatic carbocycles. The van der Waals surface area contributed by atoms with Crippen LogP contribution in [0.5, 0.6) is 0 Å². The van der Waals surface area contributed by atoms with Crippen molar-refractivity contribution in [1.29, 1.82) is 0 Å². The van der Waals surface area contributed by atoms with Crippen molar-refractivity contribution in [3.63, 3.8) is 0 Å². The molecule has 8 heteroatoms. The normalized spacial score (nSPS) is 16.1. The van der Waals surface area contributed by atoms with Crippen molar-refractivity contribution >= 4 is 27.5 Å². The molecule has 1 aliphatic heterocycles. The molecule has 0 saturated carbocycles. The summed E-state index contributed by atoms with van der Waals surface area (Å²) < 4.78 is 28.6. The summed E-state index contributed by atoms with van der Waals surface area (Å²) in [7, 11) is -3.65. The van der Waals surface area contributed by atoms with Crippen molar-refractivity contribution in [2.24, 2.45) is 0 Å². The van der Waals surface area contributed by atoms with Gasteiger partial charge in [0, 0.05) is 23.7 Å². The molecule has 0 N–H and O–H groups in total. The first-order chi connectivity index (χ1) is 11.8. The molecule has 0 atom stereocenters. The fourth-order valence-corrected chi connectivity index (χ4v) is 5.15. The molecule has 1 aromatic carbocycles. The standard InChI is InChI=1S/C17H20ClN3O3S/c1-12-16(25(23,24)20-10-4-3-5-11-20)13(2)21(19-12)17(22)14-6-8-15(18)9-7-14/h6-9H,3-5,10-11H2,1-2H3. The largest absolute Gasteiger partial charge is 0.278 e. The molecule has 25 heavy (non-hydrogen) atoms. The summed E-state index contributed by atoms with van der Waals surface area (Å²) >= 11 is 5.85. The van der Waals surface area contributed by atoms with E-state index in [0.717, 1.165) is 23.9 Å². The zero-order valence-electron chi connectivity index (χ0n) is 14.2. The summed E-state index contributed by atoms with van der Waals surface area (Å²) in [6, 6.07) is 6.43. The summed E-state index contributed by atoms with van der Waals surface area (Å²) in [6.07, 6.45) is 2.75. The molecule has 1 aromatic heterocycles. The number of hydrogen-bond donors (Lipinski definition) is 0. The Balaban J connectivity index is 2.01. The molecular weight excluding hydrogens is 362 g/mol. The van der Waals surface area contributed by atoms with Crippen LogP contribution in [-0.2, 0) is 10.0 Å². The third-order valence-corrected chi connectivity index (χ3v) is 6.83. The number of aromatic nitrogens is 2. The van der Waals surface area contributed by atoms with Gasteiger partial charge in [-0.15, -0.1) is 0 Å². The molecule has 134 valence electrons. The Morgan fingerprint density at radius 3 is 2.28 bits per heavy atom. The second-order valence-corrected chi connectivity index (χ2v) is 8.50. The maximum absolute atomic E-state index is 13.0. The van der Waals surface area contributed by atoms with Gasteiger partial charge in [-0.05, 0) is 51.0 Å². The Labute approximate surface area is 152 Å². The summed E-state index contributed by atoms with van der Waals surface area (Å²) in [5, 5.41) is 4.72. The molecule has 0 spiro atoms. The van der Waals surface area contributed by atoms with E-state index in [2.05, 4.69) is 5.10 Å². The lowest BCUT2D eigenvalue weighted by Gasteiger charge is -2.25. The van der Waals surface area contributed by atoms with Crippen molar-refractivity contribution in [2.45, 2.75) is 38.0 Å². The first kappa shape index (κ1) is 18.1. The first-order valence-electron chi connectivity index (χ1n) is 8.19. The van der Waals surface area contributed by atoms with Gasteiger partial charge in [-0.3, -0.25) is 4.79 Å². The topological polar surface area (TPSA) is 72.3 Å². The number of nitrogens with zero attached hydrogens (tertiary/aromatic N) is 3. The molecule has 0 radical (unpaired) electrons. The van der Waals surface area contributed by atoms with Crippen LogP contribution in [0.25, 0.3) is 0 Å². The first-order valence-corrected chi connectivity index (χ1v) is 10.0. The predicted molar refractivity (Wildman–Crippen MR) is 95.5 cm³/mol. The number of carbonyl (C=O) groups is 1. The zero-order chi connectivity index (χ0) is 18.2. The molecule has 6 nitrogen and oxygen atoms in total. The summed E-state index contributed by atoms with van der Waals surface area (Å²) in [4.78, 5) is 12.8. The molecule has 2 aromatic rings. The number of carbonyl (C=O) groups excluding carboxylic acids is 1. The van der Waals surface area contributed by atoms with Gasteiger partial charge in [0.25, 0.3) is 5.91 Å². The molecule has 3 rings (SSSR count). The number of rotatable bonds is 3. The van der Waals surface area contributed by atoms with Gasteiger partial charge in [0.05, 0.1) is 11.4 Å². The van der Waals surface area contributed by atoms with Crippen LogP contribution in [0.1, 0.15) is 41.0 Å². The average molecular weight is 382 g/mol. The van der Waals surface area contributed by atoms with Crippen LogP contribution in [0, 0.1) is 13.8 Å². The van der Waals surface area contributed by atoms with Gasteiger partial charge in [0.15, 0.2) is 0 Å². The van der Waals surface area contributed by atoms with E-state index >= 15 is 0 Å². The van der Waals surface area contributed by atoms with Crippen molar-refractivity contribution < 1.29 is 13.2 Å². The maximum atomic E-state index is 13.0. The van der Waals surface area contributed by atoms with E-state index in [4.69, 9.17) is 11.6 Å². The van der Waals surface area contributed by atoms with Crippen molar-refractivity contribution in [2.75, 3.05) is 13.1 Å². The van der Waals surface area contributed by atoms with Gasteiger partial charge in [0.1, 0.15) is 4.90 Å². The van der Waals surface area contributed by atoms with Crippen LogP contribution < -0.4 is 0 Å². The van der Waals surface area contributed by atoms with Crippen LogP contribution in [-0.4, -0.2) is 41.5 Å². The molecule has 1 saturated heterocycles. The SMILES string of the molecule is Cc1nn(C(=O)c2ccc(Cl)cc2)c(C)c1S(=O)(=O)N1CCCCC1. The Bertz CT molecular complexity index is 898. The highest BCUT2D eigenvalue weighted by molar-refractivity contribution is 7.89. The van der Waals surface area contributed by atoms with Crippen molar-refractivity contribution in [3.05, 3.63) is 46.2 Å². The van der Waals surface area contributed by atoms with Crippen LogP contribution >= 0.6 is 11.6 Å². The van der Waals surface area contributed by atoms with Crippen molar-refractivity contribution in [1.82, 2.24) is 14.1 Å². The third-order valence-electron chi connectivity index (χ3n) is 4.42. The molecule has 2 heterocycles. The van der Waals surface area contributed by atoms with E-state index in [1.807, 2.05) is 0 Å². The lowest BCUT2D eigenvalue weighted by molar-refractivity contribution is 0.0942. The van der Waals surface area contributed by atoms with Gasteiger partial charge in [0.2, 0.25) is 10.0 Å². The number of sulfonamides is 1. The smallest absolute Gasteiger partial charge is 0.267 e. The summed E-state index contributed by atoms with van der Waals surface area (Å²) in [6.45, 7) is 4.26. The fourth-order valence-electron chi connectivity index (χ4n) is 3.15. The lowest BCUT2D eigenvalue weighted by atomic mass is 10.2. The molecule has 0 unspecified atom stereocenters. The fraction of sp³-hybridized carbons (Fsp3) is 0.412. The summed E-state index contributed by atoms with van der Waals surface area (Å²) in [5.74, 6) is -0.377. The second kappa shape index (κ2) is 6.90. The Kier molecular flexibility index (Phi) is 4.99. The van der Waals surface area contributed by atoms with Gasteiger partial charge < -0.3 is 0 Å². The maximum Gasteiger partial charge on any atom is 0.278 e. The Hall–Kier alpha value is -1.70. The third kappa shape index (κ3) is 3.36. The monoisotopic (exact) mass is 381 g/mol. The van der Waals surface area contributed by atoms with E-state index in [0.29, 0.717) is 35.1 Å². The Morgan fingerprint density at radius 2 is 1.68 bits per heavy atom. The van der Waals surface area contributed by atoms with Gasteiger partial charge >= 0.3 is 0 Å². The molecule has 0 bridgehead atoms. The predicted octanol–water partition coefficient (Wildman–Crippen LogP) is 3.02. The van der Waals surface area contributed by atoms with Gasteiger partial charge in [-0.1, -0.05) is 18.0 Å². The van der Waals surface area contributed by atoms with E-state index < -0.39 is 10.0 Å². The number of hydrogen-bond acceptors (Lipinski definition) is 4. The van der Waals surface area contributed by atoms with Crippen LogP contribution in [0.15, 0.2) is 29.2 Å². The summed E-state index contributed by atoms with van der Waals surface area (Å²) in [5.41, 5.74) is 1.07. The number of aryl methyl sites for hydroxylation is 1. The minimum absolute atomic E-state index is 0.136. The number of halogens is 1. The van der Waals surface area contributed by atoms with Crippen LogP contribution in [0.4, 0.5) is 0 Å². The van der Waals surface area contributed by atoms with Crippen molar-refractivity contribution in [3.8, 4) is 0 Å². The average Bonchev–Trinajstić information content (AvgIpc) is 2.90. The van der Waals surface area contributed by atoms with E-state index in [9.17, 15) is 13.2 Å². The van der Waals surface area contributed by atoms with Crippen LogP contribution in [0.2, 0.25) is 5.02 Å². The lowest BCUT2D eigenvalue weighted by Crippen LogP contribution is -2.36. The van der Waals surface area contributed by atoms with Gasteiger partial charge in [-0.2, -0.15) is 14.1 Å². The Morgan fingerprint density at radius 1 is 1.08 bits per heavy atom. The van der Waals surface area contributed by atoms with E-state index in [1.165, 1.54) is 4.31 Å². The second-order valence-electron chi connectivity index (χ2n) is 6.19. The minimum atomic E-state index is -3.65. The number of benzene rings is 1. The highest BCUT2D eigenvalue weighted by Gasteiger charge is 2.32. The molecule has 0 amide bonds. The van der Waals surface area contributed by atoms with E-state index in [-0.39, 0.29) is 10.8 Å². The molecule has 1 aliphatic rings. The zero-order valence-corrected chi connectivity index (χ0v) is 15.8. The minimum Gasteiger partial charge on any atom is -0.267 e. The highest BCUT2D eigenvalue weighted by atomic mass is 35.5. The van der Waals surface area contributed by atoms with Crippen LogP contribution in [0.3, 0.4) is 0 Å². The van der Waals surface area contributed by atoms with E-state index in [1.54, 1.807) is 38.1 Å². The van der Waals surface area contributed by atoms with Gasteiger partial charge in [-0.25, -0.2) is 8.42 Å². The highest BCUT2D eigenvalue weighted by Crippen LogP contribution is 2.26. The quantitative estimate of drug-likeness (QED) is 0.819.